The predicted octanol–water partition coefficient (Wildman–Crippen LogP) is 3.95. The number of fused-ring (bicyclic) bond motifs is 1. The number of amides is 1. The van der Waals surface area contributed by atoms with Crippen molar-refractivity contribution in [2.45, 2.75) is 39.0 Å². The van der Waals surface area contributed by atoms with Crippen LogP contribution in [0, 0.1) is 11.3 Å². The molecule has 0 bridgehead atoms. The minimum atomic E-state index is -4.43. The Morgan fingerprint density at radius 3 is 2.46 bits per heavy atom. The van der Waals surface area contributed by atoms with Gasteiger partial charge in [-0.2, -0.15) is 18.4 Å². The maximum absolute atomic E-state index is 13.3. The summed E-state index contributed by atoms with van der Waals surface area (Å²) >= 11 is 0. The minimum absolute atomic E-state index is 0.0435. The van der Waals surface area contributed by atoms with E-state index >= 15 is 0 Å². The molecule has 0 aliphatic carbocycles. The molecule has 1 aliphatic rings. The number of aromatic nitrogens is 2. The van der Waals surface area contributed by atoms with Crippen molar-refractivity contribution in [2.75, 3.05) is 18.5 Å². The first-order valence-electron chi connectivity index (χ1n) is 11.6. The number of hydrogen-bond acceptors (Lipinski definition) is 6. The Labute approximate surface area is 210 Å². The van der Waals surface area contributed by atoms with Crippen LogP contribution >= 0.6 is 0 Å². The van der Waals surface area contributed by atoms with E-state index in [9.17, 15) is 22.8 Å². The molecular formula is C26H24F3N5O3. The van der Waals surface area contributed by atoms with E-state index in [1.165, 1.54) is 12.1 Å². The summed E-state index contributed by atoms with van der Waals surface area (Å²) in [6.07, 6.45) is -4.09. The largest absolute Gasteiger partial charge is 0.416 e. The summed E-state index contributed by atoms with van der Waals surface area (Å²) in [5, 5.41) is 12.0. The number of nitriles is 1. The van der Waals surface area contributed by atoms with Crippen LogP contribution in [-0.2, 0) is 19.1 Å². The van der Waals surface area contributed by atoms with E-state index in [-0.39, 0.29) is 25.0 Å². The molecule has 0 radical (unpaired) electrons. The van der Waals surface area contributed by atoms with Gasteiger partial charge in [0.1, 0.15) is 6.61 Å². The Kier molecular flexibility index (Phi) is 7.20. The number of halogens is 3. The monoisotopic (exact) mass is 511 g/mol. The Hall–Kier alpha value is -4.33. The number of benzene rings is 2. The lowest BCUT2D eigenvalue weighted by molar-refractivity contribution is -0.137. The molecule has 2 aromatic carbocycles. The molecule has 1 atom stereocenters. The topological polar surface area (TPSA) is 100 Å². The Morgan fingerprint density at radius 1 is 1.19 bits per heavy atom. The lowest BCUT2D eigenvalue weighted by Gasteiger charge is -2.29. The average Bonchev–Trinajstić information content (AvgIpc) is 2.90. The smallest absolute Gasteiger partial charge is 0.408 e. The molecule has 0 unspecified atom stereocenters. The van der Waals surface area contributed by atoms with Crippen molar-refractivity contribution in [1.82, 2.24) is 14.6 Å². The second kappa shape index (κ2) is 10.3. The minimum Gasteiger partial charge on any atom is -0.408 e. The first-order valence-corrected chi connectivity index (χ1v) is 11.6. The van der Waals surface area contributed by atoms with Gasteiger partial charge in [-0.05, 0) is 55.8 Å². The van der Waals surface area contributed by atoms with E-state index in [0.717, 1.165) is 16.9 Å². The first kappa shape index (κ1) is 25.8. The van der Waals surface area contributed by atoms with Gasteiger partial charge in [-0.25, -0.2) is 4.98 Å². The third-order valence-electron chi connectivity index (χ3n) is 6.08. The molecule has 0 spiro atoms. The summed E-state index contributed by atoms with van der Waals surface area (Å²) in [6.45, 7) is 3.99. The van der Waals surface area contributed by atoms with E-state index < -0.39 is 23.3 Å². The molecule has 1 amide bonds. The molecule has 1 aromatic heterocycles. The fourth-order valence-corrected chi connectivity index (χ4v) is 4.08. The quantitative estimate of drug-likeness (QED) is 0.538. The van der Waals surface area contributed by atoms with Crippen molar-refractivity contribution in [3.63, 3.8) is 0 Å². The Bertz CT molecular complexity index is 1390. The molecule has 0 fully saturated rings. The predicted molar refractivity (Wildman–Crippen MR) is 129 cm³/mol. The standard InChI is InChI=1S/C26H24F3N5O3/c1-3-37-34-24(36)21-15-33(23(35)19-6-4-17(14-30)5-7-19)13-12-22(21)32-25(34)31-16(2)18-8-10-20(11-9-18)26(27,28)29/h4-11,16H,3,12-13,15H2,1-2H3,(H,31,32)/t16-/m0/s1. The highest BCUT2D eigenvalue weighted by molar-refractivity contribution is 5.94. The highest BCUT2D eigenvalue weighted by Gasteiger charge is 2.31. The van der Waals surface area contributed by atoms with Crippen LogP contribution in [0.5, 0.6) is 0 Å². The number of hydrogen-bond donors (Lipinski definition) is 1. The molecule has 1 aliphatic heterocycles. The Morgan fingerprint density at radius 2 is 1.86 bits per heavy atom. The van der Waals surface area contributed by atoms with Crippen LogP contribution in [0.25, 0.3) is 0 Å². The maximum atomic E-state index is 13.3. The van der Waals surface area contributed by atoms with Gasteiger partial charge in [0, 0.05) is 18.5 Å². The number of nitrogens with zero attached hydrogens (tertiary/aromatic N) is 4. The lowest BCUT2D eigenvalue weighted by Crippen LogP contribution is -2.43. The van der Waals surface area contributed by atoms with E-state index in [1.807, 2.05) is 6.07 Å². The maximum Gasteiger partial charge on any atom is 0.416 e. The van der Waals surface area contributed by atoms with Crippen molar-refractivity contribution in [1.29, 1.82) is 5.26 Å². The van der Waals surface area contributed by atoms with Crippen LogP contribution in [0.2, 0.25) is 0 Å². The molecular weight excluding hydrogens is 487 g/mol. The fourth-order valence-electron chi connectivity index (χ4n) is 4.08. The molecule has 4 rings (SSSR count). The van der Waals surface area contributed by atoms with E-state index in [2.05, 4.69) is 10.3 Å². The zero-order chi connectivity index (χ0) is 26.7. The van der Waals surface area contributed by atoms with Crippen molar-refractivity contribution < 1.29 is 22.8 Å². The van der Waals surface area contributed by atoms with Crippen molar-refractivity contribution in [2.24, 2.45) is 0 Å². The zero-order valence-corrected chi connectivity index (χ0v) is 20.2. The Balaban J connectivity index is 1.58. The molecule has 8 nitrogen and oxygen atoms in total. The van der Waals surface area contributed by atoms with Crippen LogP contribution in [-0.4, -0.2) is 33.7 Å². The number of carbonyl (C=O) groups excluding carboxylic acids is 1. The van der Waals surface area contributed by atoms with Crippen LogP contribution in [0.3, 0.4) is 0 Å². The summed E-state index contributed by atoms with van der Waals surface area (Å²) in [4.78, 5) is 38.0. The van der Waals surface area contributed by atoms with Gasteiger partial charge in [0.05, 0.1) is 41.0 Å². The number of alkyl halides is 3. The summed E-state index contributed by atoms with van der Waals surface area (Å²) in [5.41, 5.74) is 1.05. The van der Waals surface area contributed by atoms with E-state index in [0.29, 0.717) is 40.9 Å². The van der Waals surface area contributed by atoms with Crippen molar-refractivity contribution in [3.05, 3.63) is 92.4 Å². The van der Waals surface area contributed by atoms with E-state index in [4.69, 9.17) is 10.1 Å². The number of carbonyl (C=O) groups is 1. The molecule has 37 heavy (non-hydrogen) atoms. The number of rotatable bonds is 6. The van der Waals surface area contributed by atoms with Gasteiger partial charge in [-0.1, -0.05) is 12.1 Å². The third-order valence-corrected chi connectivity index (χ3v) is 6.08. The molecule has 1 N–H and O–H groups in total. The second-order valence-corrected chi connectivity index (χ2v) is 8.53. The van der Waals surface area contributed by atoms with Gasteiger partial charge >= 0.3 is 6.18 Å². The summed E-state index contributed by atoms with van der Waals surface area (Å²) in [7, 11) is 0. The SMILES string of the molecule is CCOn1c(N[C@@H](C)c2ccc(C(F)(F)F)cc2)nc2c(c1=O)CN(C(=O)c1ccc(C#N)cc1)CC2. The zero-order valence-electron chi connectivity index (χ0n) is 20.2. The molecule has 11 heteroatoms. The number of anilines is 1. The van der Waals surface area contributed by atoms with Gasteiger partial charge in [0.25, 0.3) is 11.5 Å². The van der Waals surface area contributed by atoms with Gasteiger partial charge < -0.3 is 15.1 Å². The molecule has 192 valence electrons. The molecule has 0 saturated heterocycles. The van der Waals surface area contributed by atoms with Crippen LogP contribution < -0.4 is 15.7 Å². The van der Waals surface area contributed by atoms with Crippen LogP contribution in [0.4, 0.5) is 19.1 Å². The molecule has 0 saturated carbocycles. The van der Waals surface area contributed by atoms with Crippen molar-refractivity contribution in [3.8, 4) is 6.07 Å². The molecule has 3 aromatic rings. The third kappa shape index (κ3) is 5.43. The van der Waals surface area contributed by atoms with Gasteiger partial charge in [-0.15, -0.1) is 4.73 Å². The second-order valence-electron chi connectivity index (χ2n) is 8.53. The first-order chi connectivity index (χ1) is 17.6. The van der Waals surface area contributed by atoms with Crippen LogP contribution in [0.15, 0.2) is 53.3 Å². The van der Waals surface area contributed by atoms with Crippen LogP contribution in [0.1, 0.15) is 58.2 Å². The normalized spacial score (nSPS) is 13.9. The number of nitrogens with one attached hydrogen (secondary N) is 1. The summed E-state index contributed by atoms with van der Waals surface area (Å²) < 4.78 is 39.7. The van der Waals surface area contributed by atoms with Gasteiger partial charge in [0.15, 0.2) is 0 Å². The highest BCUT2D eigenvalue weighted by Crippen LogP contribution is 2.30. The highest BCUT2D eigenvalue weighted by atomic mass is 19.4. The average molecular weight is 512 g/mol. The summed E-state index contributed by atoms with van der Waals surface area (Å²) in [5.74, 6) is -0.138. The van der Waals surface area contributed by atoms with Gasteiger partial charge in [-0.3, -0.25) is 9.59 Å². The van der Waals surface area contributed by atoms with Crippen molar-refractivity contribution >= 4 is 11.9 Å². The van der Waals surface area contributed by atoms with E-state index in [1.54, 1.807) is 43.0 Å². The summed E-state index contributed by atoms with van der Waals surface area (Å²) in [6, 6.07) is 12.5. The molecule has 2 heterocycles. The van der Waals surface area contributed by atoms with Gasteiger partial charge in [0.2, 0.25) is 5.95 Å². The lowest BCUT2D eigenvalue weighted by atomic mass is 10.0. The fraction of sp³-hybridized carbons (Fsp3) is 0.308.